The molecule has 0 heterocycles. The lowest BCUT2D eigenvalue weighted by molar-refractivity contribution is -0.139. The van der Waals surface area contributed by atoms with E-state index in [1.807, 2.05) is 13.8 Å². The molecule has 4 atom stereocenters. The predicted octanol–water partition coefficient (Wildman–Crippen LogP) is 4.51. The van der Waals surface area contributed by atoms with E-state index in [0.717, 1.165) is 0 Å². The molecule has 1 aromatic carbocycles. The molecular weight excluding hydrogens is 514 g/mol. The van der Waals surface area contributed by atoms with Crippen molar-refractivity contribution >= 4 is 36.8 Å². The Morgan fingerprint density at radius 1 is 0.865 bits per heavy atom. The van der Waals surface area contributed by atoms with Crippen molar-refractivity contribution in [1.82, 2.24) is 0 Å². The van der Waals surface area contributed by atoms with Gasteiger partial charge in [-0.2, -0.15) is 0 Å². The molecule has 210 valence electrons. The highest BCUT2D eigenvalue weighted by Crippen LogP contribution is 2.37. The second kappa shape index (κ2) is 16.5. The van der Waals surface area contributed by atoms with E-state index in [4.69, 9.17) is 34.2 Å². The summed E-state index contributed by atoms with van der Waals surface area (Å²) >= 11 is 0. The number of rotatable bonds is 12. The summed E-state index contributed by atoms with van der Waals surface area (Å²) in [6.07, 6.45) is -3.80. The summed E-state index contributed by atoms with van der Waals surface area (Å²) in [7, 11) is 0. The van der Waals surface area contributed by atoms with Crippen LogP contribution in [0.3, 0.4) is 0 Å². The average molecular weight is 550 g/mol. The van der Waals surface area contributed by atoms with E-state index in [1.54, 1.807) is 27.7 Å². The molecule has 1 rings (SSSR count). The molecule has 0 aromatic heterocycles. The van der Waals surface area contributed by atoms with Crippen LogP contribution in [0, 0.1) is 11.8 Å². The Morgan fingerprint density at radius 3 is 1.89 bits per heavy atom. The number of carboxylic acid groups (broad SMARTS) is 1. The molecule has 3 N–H and O–H groups in total. The minimum absolute atomic E-state index is 0. The molecular formula is C24H36ClNO11. The van der Waals surface area contributed by atoms with Crippen LogP contribution in [0.4, 0.5) is 14.4 Å². The van der Waals surface area contributed by atoms with Crippen molar-refractivity contribution in [1.29, 1.82) is 0 Å². The van der Waals surface area contributed by atoms with E-state index in [0.29, 0.717) is 5.56 Å². The van der Waals surface area contributed by atoms with Gasteiger partial charge in [-0.3, -0.25) is 4.79 Å². The summed E-state index contributed by atoms with van der Waals surface area (Å²) in [6.45, 7) is 10.4. The van der Waals surface area contributed by atoms with Crippen LogP contribution in [0.15, 0.2) is 18.2 Å². The molecule has 13 heteroatoms. The standard InChI is InChI=1S/C24H35NO11.ClH/c1-7-31-22(28)35-17-10-9-16(11-18(17)36-23(29)32-8-2)19(20(25)21(26)27)14(5)15(6)34-24(30)33-12-13(3)4;/h9-11,13-15,19-20H,7-8,12,25H2,1-6H3,(H,26,27);1H/t14-,15+,19?,20-;/m0./s1. The number of benzene rings is 1. The maximum atomic E-state index is 12.0. The van der Waals surface area contributed by atoms with E-state index < -0.39 is 48.4 Å². The van der Waals surface area contributed by atoms with Gasteiger partial charge >= 0.3 is 24.4 Å². The van der Waals surface area contributed by atoms with Gasteiger partial charge in [-0.25, -0.2) is 14.4 Å². The van der Waals surface area contributed by atoms with Gasteiger partial charge in [0.15, 0.2) is 11.5 Å². The van der Waals surface area contributed by atoms with Gasteiger partial charge in [0.1, 0.15) is 12.1 Å². The molecule has 0 aliphatic heterocycles. The largest absolute Gasteiger partial charge is 0.513 e. The Kier molecular flexibility index (Phi) is 15.0. The first-order chi connectivity index (χ1) is 16.9. The molecule has 0 saturated carbocycles. The quantitative estimate of drug-likeness (QED) is 0.213. The van der Waals surface area contributed by atoms with Gasteiger partial charge in [-0.05, 0) is 44.4 Å². The van der Waals surface area contributed by atoms with Crippen molar-refractivity contribution in [3.63, 3.8) is 0 Å². The van der Waals surface area contributed by atoms with Crippen LogP contribution in [0.5, 0.6) is 11.5 Å². The van der Waals surface area contributed by atoms with E-state index in [1.165, 1.54) is 18.2 Å². The number of hydrogen-bond acceptors (Lipinski definition) is 11. The topological polar surface area (TPSA) is 170 Å². The fraction of sp³-hybridized carbons (Fsp3) is 0.583. The number of carbonyl (C=O) groups is 4. The third kappa shape index (κ3) is 11.1. The smallest absolute Gasteiger partial charge is 0.480 e. The van der Waals surface area contributed by atoms with Crippen molar-refractivity contribution in [2.75, 3.05) is 19.8 Å². The van der Waals surface area contributed by atoms with Crippen molar-refractivity contribution in [2.24, 2.45) is 17.6 Å². The summed E-state index contributed by atoms with van der Waals surface area (Å²) in [5.41, 5.74) is 6.33. The first-order valence-corrected chi connectivity index (χ1v) is 11.6. The van der Waals surface area contributed by atoms with Gasteiger partial charge in [0.05, 0.1) is 19.8 Å². The molecule has 1 aromatic rings. The fourth-order valence-electron chi connectivity index (χ4n) is 3.18. The summed E-state index contributed by atoms with van der Waals surface area (Å²) in [6, 6.07) is 2.64. The first-order valence-electron chi connectivity index (χ1n) is 11.6. The van der Waals surface area contributed by atoms with Crippen LogP contribution in [0.2, 0.25) is 0 Å². The van der Waals surface area contributed by atoms with E-state index in [9.17, 15) is 24.3 Å². The summed E-state index contributed by atoms with van der Waals surface area (Å²) < 4.78 is 30.2. The fourth-order valence-corrected chi connectivity index (χ4v) is 3.18. The average Bonchev–Trinajstić information content (AvgIpc) is 2.79. The van der Waals surface area contributed by atoms with Crippen LogP contribution in [-0.4, -0.2) is 61.5 Å². The number of aliphatic carboxylic acids is 1. The van der Waals surface area contributed by atoms with E-state index in [-0.39, 0.29) is 49.6 Å². The van der Waals surface area contributed by atoms with Crippen LogP contribution in [0.1, 0.15) is 53.0 Å². The second-order valence-electron chi connectivity index (χ2n) is 8.30. The first kappa shape index (κ1) is 33.8. The van der Waals surface area contributed by atoms with Crippen LogP contribution < -0.4 is 15.2 Å². The molecule has 0 aliphatic rings. The molecule has 12 nitrogen and oxygen atoms in total. The predicted molar refractivity (Wildman–Crippen MR) is 133 cm³/mol. The van der Waals surface area contributed by atoms with Crippen LogP contribution in [0.25, 0.3) is 0 Å². The summed E-state index contributed by atoms with van der Waals surface area (Å²) in [5.74, 6) is -3.14. The molecule has 0 saturated heterocycles. The van der Waals surface area contributed by atoms with Gasteiger partial charge in [-0.15, -0.1) is 12.4 Å². The summed E-state index contributed by atoms with van der Waals surface area (Å²) in [5, 5.41) is 9.64. The highest BCUT2D eigenvalue weighted by molar-refractivity contribution is 5.85. The van der Waals surface area contributed by atoms with E-state index in [2.05, 4.69) is 0 Å². The van der Waals surface area contributed by atoms with Crippen molar-refractivity contribution in [3.8, 4) is 11.5 Å². The zero-order valence-electron chi connectivity index (χ0n) is 21.8. The monoisotopic (exact) mass is 549 g/mol. The Labute approximate surface area is 222 Å². The van der Waals surface area contributed by atoms with Gasteiger partial charge in [0.2, 0.25) is 0 Å². The molecule has 0 spiro atoms. The lowest BCUT2D eigenvalue weighted by Gasteiger charge is -2.31. The van der Waals surface area contributed by atoms with Gasteiger partial charge in [0, 0.05) is 11.8 Å². The Balaban J connectivity index is 0.0000130. The zero-order chi connectivity index (χ0) is 27.4. The molecule has 0 bridgehead atoms. The lowest BCUT2D eigenvalue weighted by Crippen LogP contribution is -2.42. The SMILES string of the molecule is CCOC(=O)Oc1ccc(C([C@H](N)C(=O)O)[C@@H](C)[C@@H](C)OC(=O)OCC(C)C)cc1OC(=O)OCC.Cl. The zero-order valence-corrected chi connectivity index (χ0v) is 22.6. The summed E-state index contributed by atoms with van der Waals surface area (Å²) in [4.78, 5) is 47.6. The van der Waals surface area contributed by atoms with Crippen LogP contribution in [-0.2, 0) is 23.7 Å². The van der Waals surface area contributed by atoms with Crippen LogP contribution >= 0.6 is 12.4 Å². The molecule has 1 unspecified atom stereocenters. The second-order valence-corrected chi connectivity index (χ2v) is 8.30. The molecule has 0 fully saturated rings. The third-order valence-corrected chi connectivity index (χ3v) is 5.06. The van der Waals surface area contributed by atoms with Crippen molar-refractivity contribution in [2.45, 2.75) is 59.6 Å². The van der Waals surface area contributed by atoms with Crippen molar-refractivity contribution in [3.05, 3.63) is 23.8 Å². The minimum atomic E-state index is -1.43. The Bertz CT molecular complexity index is 909. The molecule has 0 amide bonds. The highest BCUT2D eigenvalue weighted by Gasteiger charge is 2.36. The van der Waals surface area contributed by atoms with E-state index >= 15 is 0 Å². The molecule has 0 aliphatic carbocycles. The Morgan fingerprint density at radius 2 is 1.41 bits per heavy atom. The lowest BCUT2D eigenvalue weighted by atomic mass is 9.79. The maximum Gasteiger partial charge on any atom is 0.513 e. The highest BCUT2D eigenvalue weighted by atomic mass is 35.5. The normalized spacial score (nSPS) is 13.7. The number of ether oxygens (including phenoxy) is 6. The van der Waals surface area contributed by atoms with Gasteiger partial charge in [0.25, 0.3) is 0 Å². The minimum Gasteiger partial charge on any atom is -0.480 e. The third-order valence-electron chi connectivity index (χ3n) is 5.06. The van der Waals surface area contributed by atoms with Crippen molar-refractivity contribution < 1.29 is 52.7 Å². The number of carboxylic acids is 1. The molecule has 0 radical (unpaired) electrons. The number of nitrogens with two attached hydrogens (primary N) is 1. The molecule has 37 heavy (non-hydrogen) atoms. The number of hydrogen-bond donors (Lipinski definition) is 2. The maximum absolute atomic E-state index is 12.0. The van der Waals surface area contributed by atoms with Gasteiger partial charge in [-0.1, -0.05) is 26.8 Å². The Hall–Kier alpha value is -3.25. The number of carbonyl (C=O) groups excluding carboxylic acids is 3. The number of halogens is 1. The van der Waals surface area contributed by atoms with Gasteiger partial charge < -0.3 is 39.3 Å².